The molecule has 0 spiro atoms. The molecule has 1 saturated heterocycles. The summed E-state index contributed by atoms with van der Waals surface area (Å²) in [6.45, 7) is 3.57. The van der Waals surface area contributed by atoms with Crippen LogP contribution in [-0.4, -0.2) is 59.3 Å². The van der Waals surface area contributed by atoms with Crippen molar-refractivity contribution in [2.24, 2.45) is 0 Å². The molecule has 0 N–H and O–H groups in total. The highest BCUT2D eigenvalue weighted by Crippen LogP contribution is 2.39. The van der Waals surface area contributed by atoms with Gasteiger partial charge in [0.2, 0.25) is 11.8 Å². The van der Waals surface area contributed by atoms with Crippen LogP contribution < -0.4 is 9.64 Å². The van der Waals surface area contributed by atoms with Gasteiger partial charge in [-0.25, -0.2) is 4.98 Å². The summed E-state index contributed by atoms with van der Waals surface area (Å²) in [6.07, 6.45) is 1.57. The molecule has 5 rings (SSSR count). The van der Waals surface area contributed by atoms with Crippen LogP contribution in [0.3, 0.4) is 0 Å². The molecule has 0 atom stereocenters. The minimum Gasteiger partial charge on any atom is -0.436 e. The maximum atomic E-state index is 13.4. The van der Waals surface area contributed by atoms with E-state index in [1.54, 1.807) is 36.5 Å². The molecule has 7 nitrogen and oxygen atoms in total. The molecule has 0 radical (unpaired) electrons. The van der Waals surface area contributed by atoms with E-state index < -0.39 is 0 Å². The monoisotopic (exact) mass is 462 g/mol. The second kappa shape index (κ2) is 9.21. The van der Waals surface area contributed by atoms with Crippen molar-refractivity contribution in [1.29, 1.82) is 0 Å². The number of carbonyl (C=O) groups is 2. The predicted octanol–water partition coefficient (Wildman–Crippen LogP) is 3.83. The highest BCUT2D eigenvalue weighted by Gasteiger charge is 2.32. The lowest BCUT2D eigenvalue weighted by Crippen LogP contribution is -2.51. The van der Waals surface area contributed by atoms with Crippen molar-refractivity contribution in [2.45, 2.75) is 6.54 Å². The lowest BCUT2D eigenvalue weighted by Gasteiger charge is -2.35. The summed E-state index contributed by atoms with van der Waals surface area (Å²) in [7, 11) is 0. The van der Waals surface area contributed by atoms with Gasteiger partial charge in [-0.15, -0.1) is 0 Å². The molecular formula is C25H23ClN4O3. The lowest BCUT2D eigenvalue weighted by molar-refractivity contribution is -0.131. The second-order valence-electron chi connectivity index (χ2n) is 8.10. The van der Waals surface area contributed by atoms with E-state index in [2.05, 4.69) is 22.0 Å². The quantitative estimate of drug-likeness (QED) is 0.589. The highest BCUT2D eigenvalue weighted by molar-refractivity contribution is 6.31. The van der Waals surface area contributed by atoms with Crippen LogP contribution in [0.2, 0.25) is 5.02 Å². The molecule has 2 aliphatic heterocycles. The third kappa shape index (κ3) is 4.55. The van der Waals surface area contributed by atoms with Crippen LogP contribution in [0.1, 0.15) is 15.9 Å². The fraction of sp³-hybridized carbons (Fsp3) is 0.240. The topological polar surface area (TPSA) is 66.0 Å². The van der Waals surface area contributed by atoms with E-state index >= 15 is 0 Å². The minimum atomic E-state index is -0.338. The number of amides is 2. The van der Waals surface area contributed by atoms with Gasteiger partial charge < -0.3 is 9.64 Å². The van der Waals surface area contributed by atoms with E-state index in [9.17, 15) is 9.59 Å². The van der Waals surface area contributed by atoms with Gasteiger partial charge >= 0.3 is 0 Å². The van der Waals surface area contributed by atoms with Crippen LogP contribution in [-0.2, 0) is 11.3 Å². The van der Waals surface area contributed by atoms with E-state index in [1.807, 2.05) is 23.1 Å². The molecule has 3 heterocycles. The average molecular weight is 463 g/mol. The van der Waals surface area contributed by atoms with Crippen molar-refractivity contribution in [2.75, 3.05) is 37.6 Å². The standard InChI is InChI=1S/C25H23ClN4O3/c26-19-8-9-22-21(15-19)30(25(32)20-7-4-10-27-24(20)33-22)17-23(31)29-13-11-28(12-14-29)16-18-5-2-1-3-6-18/h1-10,15H,11-14,16-17H2. The number of hydrogen-bond donors (Lipinski definition) is 0. The lowest BCUT2D eigenvalue weighted by atomic mass is 10.2. The zero-order valence-electron chi connectivity index (χ0n) is 18.0. The molecule has 168 valence electrons. The number of pyridine rings is 1. The van der Waals surface area contributed by atoms with Gasteiger partial charge in [0, 0.05) is 43.9 Å². The number of carbonyl (C=O) groups excluding carboxylic acids is 2. The Labute approximate surface area is 197 Å². The Hall–Kier alpha value is -3.42. The van der Waals surface area contributed by atoms with Gasteiger partial charge in [-0.3, -0.25) is 19.4 Å². The van der Waals surface area contributed by atoms with Gasteiger partial charge in [0.05, 0.1) is 5.69 Å². The van der Waals surface area contributed by atoms with Crippen LogP contribution >= 0.6 is 11.6 Å². The van der Waals surface area contributed by atoms with Gasteiger partial charge in [-0.1, -0.05) is 41.9 Å². The second-order valence-corrected chi connectivity index (χ2v) is 8.54. The molecule has 33 heavy (non-hydrogen) atoms. The summed E-state index contributed by atoms with van der Waals surface area (Å²) >= 11 is 6.21. The SMILES string of the molecule is O=C(CN1C(=O)c2cccnc2Oc2ccc(Cl)cc21)N1CCN(Cc2ccccc2)CC1. The molecule has 0 unspecified atom stereocenters. The third-order valence-corrected chi connectivity index (χ3v) is 6.17. The van der Waals surface area contributed by atoms with E-state index in [0.29, 0.717) is 35.1 Å². The van der Waals surface area contributed by atoms with Crippen molar-refractivity contribution in [1.82, 2.24) is 14.8 Å². The normalized spacial score (nSPS) is 16.0. The molecule has 1 aromatic heterocycles. The maximum absolute atomic E-state index is 13.4. The van der Waals surface area contributed by atoms with Crippen molar-refractivity contribution in [3.8, 4) is 11.6 Å². The molecule has 3 aromatic rings. The number of fused-ring (bicyclic) bond motifs is 2. The Morgan fingerprint density at radius 2 is 1.79 bits per heavy atom. The Kier molecular flexibility index (Phi) is 5.98. The van der Waals surface area contributed by atoms with E-state index in [0.717, 1.165) is 19.6 Å². The number of anilines is 1. The molecule has 0 saturated carbocycles. The molecule has 2 aliphatic rings. The van der Waals surface area contributed by atoms with Crippen LogP contribution in [0.15, 0.2) is 66.9 Å². The number of ether oxygens (including phenoxy) is 1. The van der Waals surface area contributed by atoms with Gasteiger partial charge in [0.15, 0.2) is 5.75 Å². The first-order chi connectivity index (χ1) is 16.1. The first kappa shape index (κ1) is 21.4. The molecular weight excluding hydrogens is 440 g/mol. The highest BCUT2D eigenvalue weighted by atomic mass is 35.5. The van der Waals surface area contributed by atoms with Crippen molar-refractivity contribution < 1.29 is 14.3 Å². The van der Waals surface area contributed by atoms with Crippen molar-refractivity contribution >= 4 is 29.1 Å². The summed E-state index contributed by atoms with van der Waals surface area (Å²) < 4.78 is 5.89. The average Bonchev–Trinajstić information content (AvgIpc) is 2.95. The van der Waals surface area contributed by atoms with Crippen molar-refractivity contribution in [3.63, 3.8) is 0 Å². The Morgan fingerprint density at radius 1 is 1.00 bits per heavy atom. The summed E-state index contributed by atoms with van der Waals surface area (Å²) in [5.41, 5.74) is 2.03. The number of halogens is 1. The summed E-state index contributed by atoms with van der Waals surface area (Å²) in [6, 6.07) is 18.6. The fourth-order valence-electron chi connectivity index (χ4n) is 4.17. The Balaban J connectivity index is 1.31. The first-order valence-electron chi connectivity index (χ1n) is 10.9. The van der Waals surface area contributed by atoms with Crippen LogP contribution in [0.25, 0.3) is 0 Å². The van der Waals surface area contributed by atoms with E-state index in [1.165, 1.54) is 10.5 Å². The Morgan fingerprint density at radius 3 is 2.58 bits per heavy atom. The molecule has 1 fully saturated rings. The Bertz CT molecular complexity index is 1180. The van der Waals surface area contributed by atoms with E-state index in [-0.39, 0.29) is 24.2 Å². The number of hydrogen-bond acceptors (Lipinski definition) is 5. The molecule has 2 aromatic carbocycles. The number of nitrogens with zero attached hydrogens (tertiary/aromatic N) is 4. The summed E-state index contributed by atoms with van der Waals surface area (Å²) in [5, 5.41) is 0.455. The zero-order chi connectivity index (χ0) is 22.8. The first-order valence-corrected chi connectivity index (χ1v) is 11.2. The number of rotatable bonds is 4. The molecule has 0 aliphatic carbocycles. The largest absolute Gasteiger partial charge is 0.436 e. The predicted molar refractivity (Wildman–Crippen MR) is 126 cm³/mol. The van der Waals surface area contributed by atoms with Crippen LogP contribution in [0.5, 0.6) is 11.6 Å². The third-order valence-electron chi connectivity index (χ3n) is 5.93. The van der Waals surface area contributed by atoms with Crippen LogP contribution in [0.4, 0.5) is 5.69 Å². The maximum Gasteiger partial charge on any atom is 0.264 e. The molecule has 0 bridgehead atoms. The number of aromatic nitrogens is 1. The van der Waals surface area contributed by atoms with Crippen LogP contribution in [0, 0.1) is 0 Å². The molecule has 8 heteroatoms. The summed E-state index contributed by atoms with van der Waals surface area (Å²) in [4.78, 5) is 36.4. The van der Waals surface area contributed by atoms with E-state index in [4.69, 9.17) is 16.3 Å². The van der Waals surface area contributed by atoms with Gasteiger partial charge in [0.25, 0.3) is 5.91 Å². The fourth-order valence-corrected chi connectivity index (χ4v) is 4.34. The smallest absolute Gasteiger partial charge is 0.264 e. The molecule has 2 amide bonds. The van der Waals surface area contributed by atoms with Gasteiger partial charge in [-0.2, -0.15) is 0 Å². The van der Waals surface area contributed by atoms with Gasteiger partial charge in [-0.05, 0) is 35.9 Å². The van der Waals surface area contributed by atoms with Gasteiger partial charge in [0.1, 0.15) is 12.1 Å². The number of piperazine rings is 1. The number of benzene rings is 2. The minimum absolute atomic E-state index is 0.0947. The van der Waals surface area contributed by atoms with Crippen molar-refractivity contribution in [3.05, 3.63) is 83.0 Å². The zero-order valence-corrected chi connectivity index (χ0v) is 18.7. The summed E-state index contributed by atoms with van der Waals surface area (Å²) in [5.74, 6) is 0.206.